The van der Waals surface area contributed by atoms with E-state index in [4.69, 9.17) is 0 Å². The number of hydrogen-bond acceptors (Lipinski definition) is 3. The highest BCUT2D eigenvalue weighted by molar-refractivity contribution is 5.95. The molecule has 0 radical (unpaired) electrons. The van der Waals surface area contributed by atoms with Crippen molar-refractivity contribution in [3.05, 3.63) is 70.8 Å². The highest BCUT2D eigenvalue weighted by Crippen LogP contribution is 2.40. The van der Waals surface area contributed by atoms with Crippen LogP contribution in [0.3, 0.4) is 0 Å². The number of carboxylic acid groups (broad SMARTS) is 1. The van der Waals surface area contributed by atoms with Gasteiger partial charge in [0.1, 0.15) is 5.75 Å². The van der Waals surface area contributed by atoms with Gasteiger partial charge in [0.15, 0.2) is 0 Å². The third-order valence-corrected chi connectivity index (χ3v) is 6.68. The number of aromatic hydroxyl groups is 1. The molecule has 2 N–H and O–H groups in total. The van der Waals surface area contributed by atoms with Gasteiger partial charge in [-0.05, 0) is 73.1 Å². The Hall–Kier alpha value is -3.28. The number of carbonyl (C=O) groups is 2. The second kappa shape index (κ2) is 10.3. The molecule has 1 atom stereocenters. The van der Waals surface area contributed by atoms with Gasteiger partial charge >= 0.3 is 6.09 Å². The van der Waals surface area contributed by atoms with Crippen molar-refractivity contribution in [3.63, 3.8) is 0 Å². The average molecular weight is 465 g/mol. The molecule has 0 aliphatic carbocycles. The highest BCUT2D eigenvalue weighted by atomic mass is 16.4. The largest absolute Gasteiger partial charge is 0.508 e. The van der Waals surface area contributed by atoms with Gasteiger partial charge in [-0.25, -0.2) is 4.79 Å². The Morgan fingerprint density at radius 2 is 1.62 bits per heavy atom. The van der Waals surface area contributed by atoms with E-state index in [9.17, 15) is 19.8 Å². The SMILES string of the molecule is CCN(CC)C(=O)c1ccc(C(=C2CCN(C(=O)O)C(C(C)(C)C)C2)c2cccc(O)c2)cc1. The normalized spacial score (nSPS) is 17.9. The fraction of sp³-hybridized carbons (Fsp3) is 0.429. The maximum atomic E-state index is 12.8. The van der Waals surface area contributed by atoms with E-state index in [2.05, 4.69) is 20.8 Å². The van der Waals surface area contributed by atoms with Crippen LogP contribution in [-0.4, -0.2) is 57.7 Å². The van der Waals surface area contributed by atoms with E-state index in [0.29, 0.717) is 38.0 Å². The number of carbonyl (C=O) groups excluding carboxylic acids is 1. The minimum atomic E-state index is -0.892. The van der Waals surface area contributed by atoms with E-state index in [-0.39, 0.29) is 23.1 Å². The van der Waals surface area contributed by atoms with Gasteiger partial charge < -0.3 is 20.0 Å². The molecule has 3 rings (SSSR count). The van der Waals surface area contributed by atoms with Crippen LogP contribution in [0.4, 0.5) is 4.79 Å². The second-order valence-electron chi connectivity index (χ2n) is 9.90. The second-order valence-corrected chi connectivity index (χ2v) is 9.90. The van der Waals surface area contributed by atoms with Gasteiger partial charge in [-0.15, -0.1) is 0 Å². The van der Waals surface area contributed by atoms with E-state index >= 15 is 0 Å². The van der Waals surface area contributed by atoms with Gasteiger partial charge in [-0.2, -0.15) is 0 Å². The van der Waals surface area contributed by atoms with Crippen LogP contribution in [0.15, 0.2) is 54.1 Å². The molecule has 2 amide bonds. The molecular formula is C28H36N2O4. The zero-order chi connectivity index (χ0) is 25.0. The van der Waals surface area contributed by atoms with Crippen molar-refractivity contribution in [3.8, 4) is 5.75 Å². The Balaban J connectivity index is 2.09. The molecular weight excluding hydrogens is 428 g/mol. The number of nitrogens with zero attached hydrogens (tertiary/aromatic N) is 2. The lowest BCUT2D eigenvalue weighted by Gasteiger charge is -2.43. The number of phenolic OH excluding ortho intramolecular Hbond substituents is 1. The molecule has 1 unspecified atom stereocenters. The third kappa shape index (κ3) is 5.44. The van der Waals surface area contributed by atoms with E-state index in [1.807, 2.05) is 50.2 Å². The molecule has 2 aromatic rings. The topological polar surface area (TPSA) is 81.1 Å². The van der Waals surface area contributed by atoms with Gasteiger partial charge in [0, 0.05) is 31.2 Å². The number of phenols is 1. The number of piperidine rings is 1. The summed E-state index contributed by atoms with van der Waals surface area (Å²) in [5.74, 6) is 0.185. The molecule has 1 aliphatic heterocycles. The van der Waals surface area contributed by atoms with Gasteiger partial charge in [-0.3, -0.25) is 4.79 Å². The van der Waals surface area contributed by atoms with Gasteiger partial charge in [-0.1, -0.05) is 50.6 Å². The first-order valence-corrected chi connectivity index (χ1v) is 12.0. The molecule has 1 fully saturated rings. The lowest BCUT2D eigenvalue weighted by molar-refractivity contribution is 0.0722. The van der Waals surface area contributed by atoms with Crippen molar-refractivity contribution in [1.82, 2.24) is 9.80 Å². The van der Waals surface area contributed by atoms with E-state index < -0.39 is 6.09 Å². The van der Waals surface area contributed by atoms with Crippen LogP contribution in [0.1, 0.15) is 68.9 Å². The van der Waals surface area contributed by atoms with Crippen molar-refractivity contribution < 1.29 is 19.8 Å². The number of hydrogen-bond donors (Lipinski definition) is 2. The first-order chi connectivity index (χ1) is 16.1. The molecule has 0 spiro atoms. The summed E-state index contributed by atoms with van der Waals surface area (Å²) in [6, 6.07) is 14.6. The number of amides is 2. The Morgan fingerprint density at radius 1 is 1.00 bits per heavy atom. The molecule has 2 aromatic carbocycles. The Labute approximate surface area is 202 Å². The number of likely N-dealkylation sites (tertiary alicyclic amines) is 1. The fourth-order valence-electron chi connectivity index (χ4n) is 4.80. The van der Waals surface area contributed by atoms with Crippen LogP contribution in [0.5, 0.6) is 5.75 Å². The Morgan fingerprint density at radius 3 is 2.15 bits per heavy atom. The van der Waals surface area contributed by atoms with E-state index in [1.165, 1.54) is 0 Å². The first-order valence-electron chi connectivity index (χ1n) is 12.0. The van der Waals surface area contributed by atoms with Crippen LogP contribution in [0, 0.1) is 5.41 Å². The zero-order valence-electron chi connectivity index (χ0n) is 20.8. The molecule has 6 heteroatoms. The van der Waals surface area contributed by atoms with Gasteiger partial charge in [0.2, 0.25) is 0 Å². The van der Waals surface area contributed by atoms with Crippen molar-refractivity contribution in [1.29, 1.82) is 0 Å². The molecule has 6 nitrogen and oxygen atoms in total. The molecule has 1 saturated heterocycles. The van der Waals surface area contributed by atoms with E-state index in [0.717, 1.165) is 22.3 Å². The smallest absolute Gasteiger partial charge is 0.407 e. The highest BCUT2D eigenvalue weighted by Gasteiger charge is 2.37. The Kier molecular flexibility index (Phi) is 7.70. The summed E-state index contributed by atoms with van der Waals surface area (Å²) < 4.78 is 0. The standard InChI is InChI=1S/C28H36N2O4/c1-6-29(7-2)26(32)20-13-11-19(12-14-20)25(21-9-8-10-23(31)17-21)22-15-16-30(27(33)34)24(18-22)28(3,4)5/h8-14,17,24,31H,6-7,15-16,18H2,1-5H3,(H,33,34). The Bertz CT molecular complexity index is 1060. The van der Waals surface area contributed by atoms with Gasteiger partial charge in [0.05, 0.1) is 0 Å². The van der Waals surface area contributed by atoms with Crippen molar-refractivity contribution in [2.75, 3.05) is 19.6 Å². The predicted molar refractivity (Wildman–Crippen MR) is 135 cm³/mol. The predicted octanol–water partition coefficient (Wildman–Crippen LogP) is 5.86. The fourth-order valence-corrected chi connectivity index (χ4v) is 4.80. The summed E-state index contributed by atoms with van der Waals surface area (Å²) in [6.45, 7) is 11.9. The zero-order valence-corrected chi connectivity index (χ0v) is 20.8. The summed E-state index contributed by atoms with van der Waals surface area (Å²) in [5.41, 5.74) is 4.40. The monoisotopic (exact) mass is 464 g/mol. The first kappa shape index (κ1) is 25.3. The number of benzene rings is 2. The maximum absolute atomic E-state index is 12.8. The van der Waals surface area contributed by atoms with Crippen LogP contribution in [0.25, 0.3) is 5.57 Å². The van der Waals surface area contributed by atoms with Gasteiger partial charge in [0.25, 0.3) is 5.91 Å². The minimum Gasteiger partial charge on any atom is -0.508 e. The summed E-state index contributed by atoms with van der Waals surface area (Å²) in [6.07, 6.45) is 0.336. The quantitative estimate of drug-likeness (QED) is 0.580. The molecule has 182 valence electrons. The summed E-state index contributed by atoms with van der Waals surface area (Å²) in [7, 11) is 0. The van der Waals surface area contributed by atoms with Crippen LogP contribution < -0.4 is 0 Å². The summed E-state index contributed by atoms with van der Waals surface area (Å²) in [5, 5.41) is 20.0. The van der Waals surface area contributed by atoms with Crippen LogP contribution in [0.2, 0.25) is 0 Å². The maximum Gasteiger partial charge on any atom is 0.407 e. The summed E-state index contributed by atoms with van der Waals surface area (Å²) in [4.78, 5) is 28.0. The molecule has 1 heterocycles. The van der Waals surface area contributed by atoms with Crippen LogP contribution in [-0.2, 0) is 0 Å². The molecule has 0 saturated carbocycles. The average Bonchev–Trinajstić information content (AvgIpc) is 2.80. The molecule has 1 aliphatic rings. The number of rotatable bonds is 5. The minimum absolute atomic E-state index is 0.00525. The summed E-state index contributed by atoms with van der Waals surface area (Å²) >= 11 is 0. The third-order valence-electron chi connectivity index (χ3n) is 6.68. The van der Waals surface area contributed by atoms with Crippen molar-refractivity contribution >= 4 is 17.6 Å². The van der Waals surface area contributed by atoms with Crippen molar-refractivity contribution in [2.45, 2.75) is 53.5 Å². The molecule has 0 bridgehead atoms. The lowest BCUT2D eigenvalue weighted by Crippen LogP contribution is -2.50. The lowest BCUT2D eigenvalue weighted by atomic mass is 9.76. The molecule has 0 aromatic heterocycles. The van der Waals surface area contributed by atoms with Crippen LogP contribution >= 0.6 is 0 Å². The molecule has 34 heavy (non-hydrogen) atoms. The van der Waals surface area contributed by atoms with Crippen molar-refractivity contribution in [2.24, 2.45) is 5.41 Å². The van der Waals surface area contributed by atoms with E-state index in [1.54, 1.807) is 21.9 Å².